The normalized spacial score (nSPS) is 11.7. The monoisotopic (exact) mass is 265 g/mol. The van der Waals surface area contributed by atoms with E-state index in [2.05, 4.69) is 4.98 Å². The van der Waals surface area contributed by atoms with E-state index in [0.717, 1.165) is 11.5 Å². The molecule has 96 valence electrons. The van der Waals surface area contributed by atoms with Gasteiger partial charge in [0.25, 0.3) is 0 Å². The Hall–Kier alpha value is -1.66. The Morgan fingerprint density at radius 2 is 1.94 bits per heavy atom. The first-order chi connectivity index (χ1) is 8.52. The number of benzene rings is 1. The van der Waals surface area contributed by atoms with Crippen LogP contribution in [0.3, 0.4) is 0 Å². The molecule has 0 saturated heterocycles. The summed E-state index contributed by atoms with van der Waals surface area (Å²) < 4.78 is 24.6. The average molecular weight is 265 g/mol. The Balaban J connectivity index is 2.37. The molecule has 0 aliphatic rings. The molecule has 0 unspecified atom stereocenters. The molecule has 1 aromatic heterocycles. The third kappa shape index (κ3) is 2.60. The maximum absolute atomic E-state index is 11.4. The molecule has 0 fully saturated rings. The number of nitrogens with two attached hydrogens (primary N) is 1. The Morgan fingerprint density at radius 1 is 1.28 bits per heavy atom. The largest absolute Gasteiger partial charge is 0.330 e. The Labute approximate surface area is 106 Å². The van der Waals surface area contributed by atoms with Gasteiger partial charge < -0.3 is 10.3 Å². The van der Waals surface area contributed by atoms with Crippen LogP contribution in [0, 0.1) is 0 Å². The zero-order valence-corrected chi connectivity index (χ0v) is 10.9. The Bertz CT molecular complexity index is 630. The summed E-state index contributed by atoms with van der Waals surface area (Å²) in [6.45, 7) is 0.526. The van der Waals surface area contributed by atoms with E-state index in [1.807, 2.05) is 10.8 Å². The van der Waals surface area contributed by atoms with Crippen LogP contribution in [0.15, 0.2) is 41.6 Å². The first-order valence-electron chi connectivity index (χ1n) is 5.55. The summed E-state index contributed by atoms with van der Waals surface area (Å²) in [4.78, 5) is 4.53. The highest BCUT2D eigenvalue weighted by atomic mass is 32.2. The van der Waals surface area contributed by atoms with Crippen molar-refractivity contribution in [2.24, 2.45) is 5.73 Å². The predicted molar refractivity (Wildman–Crippen MR) is 69.4 cm³/mol. The fourth-order valence-electron chi connectivity index (χ4n) is 1.74. The molecule has 0 aliphatic carbocycles. The predicted octanol–water partition coefficient (Wildman–Crippen LogP) is 0.777. The van der Waals surface area contributed by atoms with Gasteiger partial charge in [0.2, 0.25) is 0 Å². The van der Waals surface area contributed by atoms with Crippen LogP contribution in [0.1, 0.15) is 5.82 Å². The lowest BCUT2D eigenvalue weighted by atomic mass is 10.3. The summed E-state index contributed by atoms with van der Waals surface area (Å²) in [5, 5.41) is 0. The molecule has 2 N–H and O–H groups in total. The molecule has 18 heavy (non-hydrogen) atoms. The van der Waals surface area contributed by atoms with Crippen LogP contribution in [0.4, 0.5) is 0 Å². The first-order valence-corrected chi connectivity index (χ1v) is 7.44. The van der Waals surface area contributed by atoms with Crippen LogP contribution >= 0.6 is 0 Å². The van der Waals surface area contributed by atoms with E-state index >= 15 is 0 Å². The minimum atomic E-state index is -3.15. The van der Waals surface area contributed by atoms with Crippen LogP contribution in [0.5, 0.6) is 0 Å². The second-order valence-corrected chi connectivity index (χ2v) is 6.03. The molecule has 5 nitrogen and oxygen atoms in total. The van der Waals surface area contributed by atoms with Gasteiger partial charge in [-0.2, -0.15) is 0 Å². The number of hydrogen-bond acceptors (Lipinski definition) is 4. The van der Waals surface area contributed by atoms with Crippen molar-refractivity contribution >= 4 is 9.84 Å². The quantitative estimate of drug-likeness (QED) is 0.886. The number of nitrogens with zero attached hydrogens (tertiary/aromatic N) is 2. The van der Waals surface area contributed by atoms with Crippen molar-refractivity contribution in [1.82, 2.24) is 9.55 Å². The third-order valence-electron chi connectivity index (χ3n) is 2.63. The molecule has 0 amide bonds. The van der Waals surface area contributed by atoms with Gasteiger partial charge in [-0.1, -0.05) is 0 Å². The third-order valence-corrected chi connectivity index (χ3v) is 3.76. The minimum Gasteiger partial charge on any atom is -0.330 e. The van der Waals surface area contributed by atoms with Gasteiger partial charge in [0.15, 0.2) is 9.84 Å². The molecule has 0 aliphatic heterocycles. The van der Waals surface area contributed by atoms with Gasteiger partial charge in [-0.05, 0) is 30.8 Å². The molecular weight excluding hydrogens is 250 g/mol. The lowest BCUT2D eigenvalue weighted by Crippen LogP contribution is -2.08. The summed E-state index contributed by atoms with van der Waals surface area (Å²) >= 11 is 0. The number of rotatable bonds is 4. The number of hydrogen-bond donors (Lipinski definition) is 1. The molecule has 0 bridgehead atoms. The number of aromatic nitrogens is 2. The molecule has 6 heteroatoms. The van der Waals surface area contributed by atoms with Crippen molar-refractivity contribution in [3.05, 3.63) is 42.5 Å². The van der Waals surface area contributed by atoms with Gasteiger partial charge in [-0.3, -0.25) is 0 Å². The van der Waals surface area contributed by atoms with Crippen molar-refractivity contribution in [2.45, 2.75) is 11.3 Å². The molecule has 0 spiro atoms. The van der Waals surface area contributed by atoms with E-state index in [9.17, 15) is 8.42 Å². The van der Waals surface area contributed by atoms with Gasteiger partial charge in [0, 0.05) is 30.8 Å². The Kier molecular flexibility index (Phi) is 3.49. The van der Waals surface area contributed by atoms with E-state index in [1.165, 1.54) is 6.26 Å². The van der Waals surface area contributed by atoms with Gasteiger partial charge in [-0.25, -0.2) is 13.4 Å². The van der Waals surface area contributed by atoms with Gasteiger partial charge >= 0.3 is 0 Å². The topological polar surface area (TPSA) is 78.0 Å². The maximum atomic E-state index is 11.4. The van der Waals surface area contributed by atoms with E-state index in [1.54, 1.807) is 30.5 Å². The van der Waals surface area contributed by atoms with Crippen LogP contribution in [-0.2, 0) is 16.3 Å². The summed E-state index contributed by atoms with van der Waals surface area (Å²) in [6, 6.07) is 6.71. The zero-order valence-electron chi connectivity index (χ0n) is 10.1. The average Bonchev–Trinajstić information content (AvgIpc) is 2.77. The molecule has 2 aromatic rings. The molecule has 1 heterocycles. The highest BCUT2D eigenvalue weighted by Gasteiger charge is 2.08. The van der Waals surface area contributed by atoms with E-state index < -0.39 is 9.84 Å². The lowest BCUT2D eigenvalue weighted by molar-refractivity contribution is 0.602. The van der Waals surface area contributed by atoms with Gasteiger partial charge in [-0.15, -0.1) is 0 Å². The summed E-state index contributed by atoms with van der Waals surface area (Å²) in [5.74, 6) is 0.865. The van der Waals surface area contributed by atoms with E-state index in [-0.39, 0.29) is 0 Å². The molecule has 1 aromatic carbocycles. The van der Waals surface area contributed by atoms with E-state index in [4.69, 9.17) is 5.73 Å². The minimum absolute atomic E-state index is 0.312. The lowest BCUT2D eigenvalue weighted by Gasteiger charge is -2.07. The SMILES string of the molecule is CS(=O)(=O)c1ccc(-n2ccnc2CCN)cc1. The van der Waals surface area contributed by atoms with Crippen LogP contribution < -0.4 is 5.73 Å². The van der Waals surface area contributed by atoms with Gasteiger partial charge in [0.05, 0.1) is 4.90 Å². The summed E-state index contributed by atoms with van der Waals surface area (Å²) in [5.41, 5.74) is 6.39. The molecular formula is C12H15N3O2S. The fraction of sp³-hybridized carbons (Fsp3) is 0.250. The fourth-order valence-corrected chi connectivity index (χ4v) is 2.37. The second kappa shape index (κ2) is 4.91. The standard InChI is InChI=1S/C12H15N3O2S/c1-18(16,17)11-4-2-10(3-5-11)15-9-8-14-12(15)6-7-13/h2-5,8-9H,6-7,13H2,1H3. The Morgan fingerprint density at radius 3 is 2.50 bits per heavy atom. The van der Waals surface area contributed by atoms with Crippen LogP contribution in [0.25, 0.3) is 5.69 Å². The van der Waals surface area contributed by atoms with Crippen molar-refractivity contribution in [2.75, 3.05) is 12.8 Å². The first kappa shape index (κ1) is 12.8. The molecule has 0 saturated carbocycles. The zero-order chi connectivity index (χ0) is 13.2. The van der Waals surface area contributed by atoms with Crippen LogP contribution in [0.2, 0.25) is 0 Å². The van der Waals surface area contributed by atoms with Crippen molar-refractivity contribution < 1.29 is 8.42 Å². The highest BCUT2D eigenvalue weighted by Crippen LogP contribution is 2.15. The van der Waals surface area contributed by atoms with Crippen molar-refractivity contribution in [1.29, 1.82) is 0 Å². The maximum Gasteiger partial charge on any atom is 0.175 e. The summed E-state index contributed by atoms with van der Waals surface area (Å²) in [7, 11) is -3.15. The number of sulfone groups is 1. The smallest absolute Gasteiger partial charge is 0.175 e. The van der Waals surface area contributed by atoms with Crippen molar-refractivity contribution in [3.63, 3.8) is 0 Å². The summed E-state index contributed by atoms with van der Waals surface area (Å²) in [6.07, 6.45) is 5.41. The second-order valence-electron chi connectivity index (χ2n) is 4.02. The highest BCUT2D eigenvalue weighted by molar-refractivity contribution is 7.90. The van der Waals surface area contributed by atoms with Crippen molar-refractivity contribution in [3.8, 4) is 5.69 Å². The molecule has 2 rings (SSSR count). The van der Waals surface area contributed by atoms with Gasteiger partial charge in [0.1, 0.15) is 5.82 Å². The van der Waals surface area contributed by atoms with E-state index in [0.29, 0.717) is 17.9 Å². The molecule has 0 radical (unpaired) electrons. The van der Waals surface area contributed by atoms with Crippen LogP contribution in [-0.4, -0.2) is 30.8 Å². The molecule has 0 atom stereocenters. The number of imidazole rings is 1.